The summed E-state index contributed by atoms with van der Waals surface area (Å²) in [5, 5.41) is 7.48. The Hall–Kier alpha value is -2.20. The molecule has 0 aliphatic carbocycles. The summed E-state index contributed by atoms with van der Waals surface area (Å²) < 4.78 is 74.5. The average molecular weight is 349 g/mol. The Labute approximate surface area is 129 Å². The SMILES string of the molecule is NS(=O)(=O)c1cccnc1NCc1ccc(F)cc1C(F)(F)F. The van der Waals surface area contributed by atoms with Crippen molar-refractivity contribution < 1.29 is 26.0 Å². The van der Waals surface area contributed by atoms with Crippen molar-refractivity contribution in [3.05, 3.63) is 53.5 Å². The third-order valence-electron chi connectivity index (χ3n) is 2.90. The van der Waals surface area contributed by atoms with Crippen LogP contribution in [-0.2, 0) is 22.7 Å². The number of anilines is 1. The van der Waals surface area contributed by atoms with Gasteiger partial charge < -0.3 is 5.32 Å². The van der Waals surface area contributed by atoms with Gasteiger partial charge in [0.05, 0.1) is 5.56 Å². The summed E-state index contributed by atoms with van der Waals surface area (Å²) in [6, 6.07) is 4.70. The van der Waals surface area contributed by atoms with Crippen molar-refractivity contribution in [3.63, 3.8) is 0 Å². The van der Waals surface area contributed by atoms with Crippen LogP contribution in [0, 0.1) is 5.82 Å². The van der Waals surface area contributed by atoms with Crippen LogP contribution in [0.3, 0.4) is 0 Å². The van der Waals surface area contributed by atoms with Crippen LogP contribution in [0.15, 0.2) is 41.4 Å². The van der Waals surface area contributed by atoms with Gasteiger partial charge in [-0.05, 0) is 29.8 Å². The summed E-state index contributed by atoms with van der Waals surface area (Å²) in [5.74, 6) is -1.21. The van der Waals surface area contributed by atoms with Crippen molar-refractivity contribution in [3.8, 4) is 0 Å². The highest BCUT2D eigenvalue weighted by Crippen LogP contribution is 2.33. The molecule has 5 nitrogen and oxygen atoms in total. The van der Waals surface area contributed by atoms with E-state index >= 15 is 0 Å². The maximum Gasteiger partial charge on any atom is 0.416 e. The minimum atomic E-state index is -4.74. The lowest BCUT2D eigenvalue weighted by Crippen LogP contribution is -2.17. The van der Waals surface area contributed by atoms with Crippen molar-refractivity contribution in [1.82, 2.24) is 4.98 Å². The highest BCUT2D eigenvalue weighted by atomic mass is 32.2. The van der Waals surface area contributed by atoms with Gasteiger partial charge in [-0.2, -0.15) is 13.2 Å². The maximum absolute atomic E-state index is 13.0. The topological polar surface area (TPSA) is 85.1 Å². The Morgan fingerprint density at radius 3 is 2.52 bits per heavy atom. The van der Waals surface area contributed by atoms with Gasteiger partial charge in [-0.1, -0.05) is 6.07 Å². The van der Waals surface area contributed by atoms with E-state index in [4.69, 9.17) is 5.14 Å². The van der Waals surface area contributed by atoms with E-state index in [1.54, 1.807) is 0 Å². The van der Waals surface area contributed by atoms with Gasteiger partial charge in [0.25, 0.3) is 0 Å². The van der Waals surface area contributed by atoms with Crippen molar-refractivity contribution in [2.45, 2.75) is 17.6 Å². The first kappa shape index (κ1) is 17.2. The van der Waals surface area contributed by atoms with Gasteiger partial charge in [0, 0.05) is 12.7 Å². The molecule has 0 aliphatic rings. The summed E-state index contributed by atoms with van der Waals surface area (Å²) in [5.41, 5.74) is -1.41. The zero-order valence-corrected chi connectivity index (χ0v) is 12.2. The number of primary sulfonamides is 1. The number of hydrogen-bond acceptors (Lipinski definition) is 4. The molecular weight excluding hydrogens is 338 g/mol. The van der Waals surface area contributed by atoms with Crippen LogP contribution in [0.25, 0.3) is 0 Å². The molecule has 1 aromatic carbocycles. The van der Waals surface area contributed by atoms with Gasteiger partial charge in [0.2, 0.25) is 10.0 Å². The predicted octanol–water partition coefficient (Wildman–Crippen LogP) is 2.50. The average Bonchev–Trinajstić information content (AvgIpc) is 2.44. The molecule has 2 rings (SSSR count). The number of halogens is 4. The lowest BCUT2D eigenvalue weighted by molar-refractivity contribution is -0.138. The smallest absolute Gasteiger partial charge is 0.365 e. The molecule has 23 heavy (non-hydrogen) atoms. The quantitative estimate of drug-likeness (QED) is 0.831. The van der Waals surface area contributed by atoms with Crippen LogP contribution in [0.5, 0.6) is 0 Å². The molecule has 10 heteroatoms. The molecule has 0 unspecified atom stereocenters. The van der Waals surface area contributed by atoms with E-state index in [9.17, 15) is 26.0 Å². The van der Waals surface area contributed by atoms with E-state index in [0.717, 1.165) is 12.1 Å². The summed E-state index contributed by atoms with van der Waals surface area (Å²) in [6.07, 6.45) is -3.49. The first-order valence-corrected chi connectivity index (χ1v) is 7.71. The van der Waals surface area contributed by atoms with Crippen LogP contribution in [0.4, 0.5) is 23.4 Å². The molecule has 0 aliphatic heterocycles. The Kier molecular flexibility index (Phi) is 4.57. The highest BCUT2D eigenvalue weighted by molar-refractivity contribution is 7.89. The molecule has 0 spiro atoms. The molecule has 2 aromatic rings. The molecule has 0 amide bonds. The predicted molar refractivity (Wildman–Crippen MR) is 74.3 cm³/mol. The van der Waals surface area contributed by atoms with Crippen LogP contribution in [0.1, 0.15) is 11.1 Å². The first-order valence-electron chi connectivity index (χ1n) is 6.16. The van der Waals surface area contributed by atoms with E-state index in [0.29, 0.717) is 6.07 Å². The van der Waals surface area contributed by atoms with E-state index in [1.165, 1.54) is 18.3 Å². The number of benzene rings is 1. The normalized spacial score (nSPS) is 12.2. The number of sulfonamides is 1. The van der Waals surface area contributed by atoms with Gasteiger partial charge in [0.15, 0.2) is 0 Å². The summed E-state index contributed by atoms with van der Waals surface area (Å²) >= 11 is 0. The Morgan fingerprint density at radius 1 is 1.22 bits per heavy atom. The summed E-state index contributed by atoms with van der Waals surface area (Å²) in [7, 11) is -4.09. The first-order chi connectivity index (χ1) is 10.6. The lowest BCUT2D eigenvalue weighted by Gasteiger charge is -2.14. The second-order valence-corrected chi connectivity index (χ2v) is 6.08. The molecule has 0 atom stereocenters. The fourth-order valence-electron chi connectivity index (χ4n) is 1.90. The van der Waals surface area contributed by atoms with Gasteiger partial charge in [-0.25, -0.2) is 22.9 Å². The van der Waals surface area contributed by atoms with Gasteiger partial charge in [0.1, 0.15) is 16.5 Å². The number of nitrogens with one attached hydrogen (secondary N) is 1. The van der Waals surface area contributed by atoms with Crippen molar-refractivity contribution >= 4 is 15.8 Å². The molecule has 124 valence electrons. The number of nitrogens with zero attached hydrogens (tertiary/aromatic N) is 1. The summed E-state index contributed by atoms with van der Waals surface area (Å²) in [6.45, 7) is -0.408. The molecule has 3 N–H and O–H groups in total. The fourth-order valence-corrected chi connectivity index (χ4v) is 2.56. The third kappa shape index (κ3) is 4.17. The monoisotopic (exact) mass is 349 g/mol. The van der Waals surface area contributed by atoms with E-state index in [1.807, 2.05) is 0 Å². The molecule has 0 saturated carbocycles. The lowest BCUT2D eigenvalue weighted by atomic mass is 10.1. The van der Waals surface area contributed by atoms with Gasteiger partial charge in [-0.3, -0.25) is 0 Å². The van der Waals surface area contributed by atoms with Crippen molar-refractivity contribution in [2.75, 3.05) is 5.32 Å². The molecule has 0 bridgehead atoms. The van der Waals surface area contributed by atoms with Crippen molar-refractivity contribution in [2.24, 2.45) is 5.14 Å². The largest absolute Gasteiger partial charge is 0.416 e. The van der Waals surface area contributed by atoms with Crippen molar-refractivity contribution in [1.29, 1.82) is 0 Å². The zero-order valence-electron chi connectivity index (χ0n) is 11.4. The number of rotatable bonds is 4. The number of pyridine rings is 1. The minimum absolute atomic E-state index is 0.188. The van der Waals surface area contributed by atoms with E-state index in [2.05, 4.69) is 10.3 Å². The number of nitrogens with two attached hydrogens (primary N) is 1. The Balaban J connectivity index is 2.33. The highest BCUT2D eigenvalue weighted by Gasteiger charge is 2.33. The number of hydrogen-bond donors (Lipinski definition) is 2. The van der Waals surface area contributed by atoms with E-state index in [-0.39, 0.29) is 16.3 Å². The van der Waals surface area contributed by atoms with Crippen LogP contribution in [-0.4, -0.2) is 13.4 Å². The van der Waals surface area contributed by atoms with Gasteiger partial charge in [-0.15, -0.1) is 0 Å². The Morgan fingerprint density at radius 2 is 1.91 bits per heavy atom. The standard InChI is InChI=1S/C13H11F4N3O2S/c14-9-4-3-8(10(6-9)13(15,16)17)7-20-12-11(23(18,21)22)2-1-5-19-12/h1-6H,7H2,(H,19,20)(H2,18,21,22). The second-order valence-electron chi connectivity index (χ2n) is 4.55. The van der Waals surface area contributed by atoms with Crippen LogP contribution < -0.4 is 10.5 Å². The molecule has 0 fully saturated rings. The number of aromatic nitrogens is 1. The molecule has 1 heterocycles. The molecular formula is C13H11F4N3O2S. The Bertz CT molecular complexity index is 822. The molecule has 0 radical (unpaired) electrons. The fraction of sp³-hybridized carbons (Fsp3) is 0.154. The zero-order chi connectivity index (χ0) is 17.3. The second kappa shape index (κ2) is 6.13. The van der Waals surface area contributed by atoms with Crippen LogP contribution in [0.2, 0.25) is 0 Å². The maximum atomic E-state index is 13.0. The molecule has 1 aromatic heterocycles. The minimum Gasteiger partial charge on any atom is -0.365 e. The van der Waals surface area contributed by atoms with E-state index < -0.39 is 34.1 Å². The van der Waals surface area contributed by atoms with Crippen LogP contribution >= 0.6 is 0 Å². The number of alkyl halides is 3. The van der Waals surface area contributed by atoms with Gasteiger partial charge >= 0.3 is 6.18 Å². The third-order valence-corrected chi connectivity index (χ3v) is 3.84. The molecule has 0 saturated heterocycles. The summed E-state index contributed by atoms with van der Waals surface area (Å²) in [4.78, 5) is 3.39.